The number of benzene rings is 1. The van der Waals surface area contributed by atoms with E-state index in [9.17, 15) is 4.79 Å². The monoisotopic (exact) mass is 415 g/mol. The van der Waals surface area contributed by atoms with E-state index >= 15 is 0 Å². The molecule has 0 aliphatic carbocycles. The van der Waals surface area contributed by atoms with Crippen molar-refractivity contribution in [1.82, 2.24) is 14.7 Å². The van der Waals surface area contributed by atoms with Crippen LogP contribution in [0.5, 0.6) is 0 Å². The second-order valence-corrected chi connectivity index (χ2v) is 9.36. The van der Waals surface area contributed by atoms with Crippen molar-refractivity contribution in [2.75, 3.05) is 46.4 Å². The number of hydrogen-bond acceptors (Lipinski definition) is 4. The van der Waals surface area contributed by atoms with Crippen molar-refractivity contribution < 1.29 is 9.53 Å². The predicted octanol–water partition coefficient (Wildman–Crippen LogP) is 3.55. The Balaban J connectivity index is 1.43. The zero-order valence-electron chi connectivity index (χ0n) is 19.5. The van der Waals surface area contributed by atoms with Crippen molar-refractivity contribution in [2.45, 2.75) is 65.1 Å². The van der Waals surface area contributed by atoms with Gasteiger partial charge in [-0.05, 0) is 83.8 Å². The van der Waals surface area contributed by atoms with E-state index in [2.05, 4.69) is 54.8 Å². The summed E-state index contributed by atoms with van der Waals surface area (Å²) < 4.78 is 5.20. The molecular formula is C25H41N3O2. The van der Waals surface area contributed by atoms with Gasteiger partial charge < -0.3 is 14.5 Å². The Kier molecular flexibility index (Phi) is 8.72. The quantitative estimate of drug-likeness (QED) is 0.651. The number of ether oxygens (including phenoxy) is 1. The maximum Gasteiger partial charge on any atom is 0.226 e. The highest BCUT2D eigenvalue weighted by molar-refractivity contribution is 5.79. The first-order valence-corrected chi connectivity index (χ1v) is 11.8. The van der Waals surface area contributed by atoms with Gasteiger partial charge in [-0.2, -0.15) is 0 Å². The van der Waals surface area contributed by atoms with Crippen molar-refractivity contribution in [3.8, 4) is 0 Å². The molecule has 30 heavy (non-hydrogen) atoms. The molecule has 1 aromatic rings. The smallest absolute Gasteiger partial charge is 0.226 e. The fraction of sp³-hybridized carbons (Fsp3) is 0.720. The third-order valence-corrected chi connectivity index (χ3v) is 7.05. The zero-order chi connectivity index (χ0) is 21.5. The molecule has 0 saturated carbocycles. The van der Waals surface area contributed by atoms with Crippen LogP contribution in [-0.2, 0) is 16.1 Å². The number of methoxy groups -OCH3 is 1. The van der Waals surface area contributed by atoms with Crippen molar-refractivity contribution in [1.29, 1.82) is 0 Å². The van der Waals surface area contributed by atoms with Gasteiger partial charge in [-0.3, -0.25) is 9.69 Å². The summed E-state index contributed by atoms with van der Waals surface area (Å²) >= 11 is 0. The highest BCUT2D eigenvalue weighted by Gasteiger charge is 2.33. The van der Waals surface area contributed by atoms with Gasteiger partial charge in [-0.1, -0.05) is 24.3 Å². The van der Waals surface area contributed by atoms with Crippen molar-refractivity contribution in [3.05, 3.63) is 35.4 Å². The number of carbonyl (C=O) groups excluding carboxylic acids is 1. The second kappa shape index (κ2) is 11.3. The minimum Gasteiger partial charge on any atom is -0.383 e. The van der Waals surface area contributed by atoms with Gasteiger partial charge in [0.15, 0.2) is 0 Å². The van der Waals surface area contributed by atoms with Crippen LogP contribution in [0, 0.1) is 12.8 Å². The molecule has 2 fully saturated rings. The van der Waals surface area contributed by atoms with Crippen molar-refractivity contribution in [3.63, 3.8) is 0 Å². The summed E-state index contributed by atoms with van der Waals surface area (Å²) in [6.07, 6.45) is 4.49. The predicted molar refractivity (Wildman–Crippen MR) is 123 cm³/mol. The average Bonchev–Trinajstić information content (AvgIpc) is 2.76. The standard InChI is InChI=1S/C25H41N3O2/c1-20(2)28(17-18-30-4)25(29)22-9-15-27(16-10-22)24-11-13-26(14-12-24)19-23-8-6-5-7-21(23)3/h5-8,20,22,24H,9-19H2,1-4H3. The van der Waals surface area contributed by atoms with E-state index in [0.29, 0.717) is 25.1 Å². The Hall–Kier alpha value is -1.43. The molecule has 0 N–H and O–H groups in total. The fourth-order valence-electron chi connectivity index (χ4n) is 5.03. The molecule has 0 unspecified atom stereocenters. The van der Waals surface area contributed by atoms with Crippen molar-refractivity contribution in [2.24, 2.45) is 5.92 Å². The van der Waals surface area contributed by atoms with E-state index in [1.807, 2.05) is 4.90 Å². The molecule has 1 aromatic carbocycles. The van der Waals surface area contributed by atoms with Crippen molar-refractivity contribution >= 4 is 5.91 Å². The molecule has 3 rings (SSSR count). The van der Waals surface area contributed by atoms with Crippen LogP contribution in [0.25, 0.3) is 0 Å². The lowest BCUT2D eigenvalue weighted by Crippen LogP contribution is -2.50. The molecule has 0 atom stereocenters. The fourth-order valence-corrected chi connectivity index (χ4v) is 5.03. The van der Waals surface area contributed by atoms with Gasteiger partial charge in [-0.15, -0.1) is 0 Å². The molecule has 2 saturated heterocycles. The van der Waals surface area contributed by atoms with Crippen LogP contribution in [0.3, 0.4) is 0 Å². The molecule has 5 heteroatoms. The Morgan fingerprint density at radius 3 is 2.37 bits per heavy atom. The highest BCUT2D eigenvalue weighted by atomic mass is 16.5. The SMILES string of the molecule is COCCN(C(=O)C1CCN(C2CCN(Cc3ccccc3C)CC2)CC1)C(C)C. The number of piperidine rings is 2. The minimum absolute atomic E-state index is 0.182. The van der Waals surface area contributed by atoms with E-state index in [-0.39, 0.29) is 12.0 Å². The molecule has 0 spiro atoms. The van der Waals surface area contributed by atoms with E-state index in [1.54, 1.807) is 7.11 Å². The first-order chi connectivity index (χ1) is 14.5. The van der Waals surface area contributed by atoms with Crippen LogP contribution in [0.1, 0.15) is 50.7 Å². The summed E-state index contributed by atoms with van der Waals surface area (Å²) in [6, 6.07) is 9.67. The van der Waals surface area contributed by atoms with Gasteiger partial charge in [-0.25, -0.2) is 0 Å². The molecule has 5 nitrogen and oxygen atoms in total. The number of aryl methyl sites for hydroxylation is 1. The van der Waals surface area contributed by atoms with Crippen LogP contribution in [0.15, 0.2) is 24.3 Å². The van der Waals surface area contributed by atoms with E-state index in [4.69, 9.17) is 4.74 Å². The van der Waals surface area contributed by atoms with E-state index in [1.165, 1.54) is 37.1 Å². The molecule has 0 radical (unpaired) electrons. The van der Waals surface area contributed by atoms with E-state index < -0.39 is 0 Å². The normalized spacial score (nSPS) is 20.0. The van der Waals surface area contributed by atoms with Crippen LogP contribution in [0.2, 0.25) is 0 Å². The molecule has 2 aliphatic rings. The molecule has 2 heterocycles. The maximum atomic E-state index is 13.0. The average molecular weight is 416 g/mol. The summed E-state index contributed by atoms with van der Waals surface area (Å²) in [5, 5.41) is 0. The number of nitrogens with zero attached hydrogens (tertiary/aromatic N) is 3. The number of amides is 1. The summed E-state index contributed by atoms with van der Waals surface area (Å²) in [7, 11) is 1.70. The first-order valence-electron chi connectivity index (χ1n) is 11.8. The van der Waals surface area contributed by atoms with Crippen LogP contribution in [0.4, 0.5) is 0 Å². The summed E-state index contributed by atoms with van der Waals surface area (Å²) in [4.78, 5) is 20.3. The highest BCUT2D eigenvalue weighted by Crippen LogP contribution is 2.26. The van der Waals surface area contributed by atoms with Gasteiger partial charge in [0.1, 0.15) is 0 Å². The number of hydrogen-bond donors (Lipinski definition) is 0. The summed E-state index contributed by atoms with van der Waals surface area (Å²) in [5.74, 6) is 0.511. The molecule has 168 valence electrons. The second-order valence-electron chi connectivity index (χ2n) is 9.36. The summed E-state index contributed by atoms with van der Waals surface area (Å²) in [5.41, 5.74) is 2.85. The van der Waals surface area contributed by atoms with Gasteiger partial charge in [0.2, 0.25) is 5.91 Å². The third-order valence-electron chi connectivity index (χ3n) is 7.05. The Morgan fingerprint density at radius 2 is 1.77 bits per heavy atom. The maximum absolute atomic E-state index is 13.0. The van der Waals surface area contributed by atoms with Crippen LogP contribution in [-0.4, -0.2) is 79.1 Å². The number of rotatable bonds is 8. The lowest BCUT2D eigenvalue weighted by atomic mass is 9.92. The number of carbonyl (C=O) groups is 1. The van der Waals surface area contributed by atoms with Gasteiger partial charge in [0, 0.05) is 38.2 Å². The summed E-state index contributed by atoms with van der Waals surface area (Å²) in [6.45, 7) is 13.3. The zero-order valence-corrected chi connectivity index (χ0v) is 19.5. The molecule has 0 aromatic heterocycles. The van der Waals surface area contributed by atoms with Gasteiger partial charge >= 0.3 is 0 Å². The molecule has 1 amide bonds. The first kappa shape index (κ1) is 23.2. The number of likely N-dealkylation sites (tertiary alicyclic amines) is 2. The Morgan fingerprint density at radius 1 is 1.10 bits per heavy atom. The largest absolute Gasteiger partial charge is 0.383 e. The van der Waals surface area contributed by atoms with Gasteiger partial charge in [0.25, 0.3) is 0 Å². The minimum atomic E-state index is 0.182. The Bertz CT molecular complexity index is 662. The topological polar surface area (TPSA) is 36.0 Å². The molecule has 0 bridgehead atoms. The Labute approximate surface area is 183 Å². The third kappa shape index (κ3) is 6.05. The van der Waals surface area contributed by atoms with Gasteiger partial charge in [0.05, 0.1) is 6.61 Å². The molecular weight excluding hydrogens is 374 g/mol. The van der Waals surface area contributed by atoms with Crippen LogP contribution < -0.4 is 0 Å². The van der Waals surface area contributed by atoms with E-state index in [0.717, 1.165) is 32.5 Å². The lowest BCUT2D eigenvalue weighted by molar-refractivity contribution is -0.139. The molecule has 2 aliphatic heterocycles. The lowest BCUT2D eigenvalue weighted by Gasteiger charge is -2.42. The van der Waals surface area contributed by atoms with Crippen LogP contribution >= 0.6 is 0 Å².